The maximum absolute atomic E-state index is 13.6. The summed E-state index contributed by atoms with van der Waals surface area (Å²) in [5.41, 5.74) is 6.46. The Labute approximate surface area is 191 Å². The van der Waals surface area contributed by atoms with E-state index in [4.69, 9.17) is 22.3 Å². The van der Waals surface area contributed by atoms with Gasteiger partial charge >= 0.3 is 0 Å². The summed E-state index contributed by atoms with van der Waals surface area (Å²) in [6, 6.07) is 13.5. The van der Waals surface area contributed by atoms with Crippen molar-refractivity contribution < 1.29 is 9.18 Å². The molecule has 8 heteroatoms. The second-order valence-electron chi connectivity index (χ2n) is 8.90. The number of aromatic nitrogens is 2. The van der Waals surface area contributed by atoms with Crippen LogP contribution in [-0.2, 0) is 10.3 Å². The first-order chi connectivity index (χ1) is 15.0. The van der Waals surface area contributed by atoms with E-state index >= 15 is 0 Å². The van der Waals surface area contributed by atoms with E-state index < -0.39 is 11.1 Å². The SMILES string of the molecule is CC(C)(N)C(=O)N1C=Cn2c(nc(-c3ccc(F)cc3)c2Nc2ccc(Cl)cc2)C1(C)C. The van der Waals surface area contributed by atoms with Crippen molar-refractivity contribution in [1.82, 2.24) is 14.5 Å². The van der Waals surface area contributed by atoms with Gasteiger partial charge in [0.25, 0.3) is 0 Å². The van der Waals surface area contributed by atoms with Crippen LogP contribution in [0, 0.1) is 5.82 Å². The first-order valence-corrected chi connectivity index (χ1v) is 10.6. The first kappa shape index (κ1) is 22.0. The minimum absolute atomic E-state index is 0.219. The highest BCUT2D eigenvalue weighted by molar-refractivity contribution is 6.30. The summed E-state index contributed by atoms with van der Waals surface area (Å²) >= 11 is 6.03. The third kappa shape index (κ3) is 3.89. The van der Waals surface area contributed by atoms with Crippen LogP contribution in [-0.4, -0.2) is 25.9 Å². The Balaban J connectivity index is 1.87. The number of nitrogens with zero attached hydrogens (tertiary/aromatic N) is 3. The van der Waals surface area contributed by atoms with E-state index in [-0.39, 0.29) is 11.7 Å². The fourth-order valence-electron chi connectivity index (χ4n) is 3.67. The van der Waals surface area contributed by atoms with Gasteiger partial charge in [-0.15, -0.1) is 0 Å². The number of hydrogen-bond donors (Lipinski definition) is 2. The van der Waals surface area contributed by atoms with Gasteiger partial charge in [-0.2, -0.15) is 0 Å². The number of rotatable bonds is 4. The van der Waals surface area contributed by atoms with E-state index in [9.17, 15) is 9.18 Å². The molecule has 1 aliphatic heterocycles. The lowest BCUT2D eigenvalue weighted by Gasteiger charge is -2.41. The lowest BCUT2D eigenvalue weighted by Crippen LogP contribution is -2.56. The van der Waals surface area contributed by atoms with E-state index in [1.807, 2.05) is 30.5 Å². The second kappa shape index (κ2) is 7.76. The Morgan fingerprint density at radius 2 is 1.72 bits per heavy atom. The Hall–Kier alpha value is -3.16. The number of nitrogens with two attached hydrogens (primary N) is 1. The predicted molar refractivity (Wildman–Crippen MR) is 126 cm³/mol. The lowest BCUT2D eigenvalue weighted by molar-refractivity contribution is -0.138. The number of carbonyl (C=O) groups excluding carboxylic acids is 1. The summed E-state index contributed by atoms with van der Waals surface area (Å²) in [6.45, 7) is 7.19. The van der Waals surface area contributed by atoms with Gasteiger partial charge in [0.1, 0.15) is 28.7 Å². The Bertz CT molecular complexity index is 1190. The van der Waals surface area contributed by atoms with Crippen molar-refractivity contribution in [3.63, 3.8) is 0 Å². The number of carbonyl (C=O) groups is 1. The van der Waals surface area contributed by atoms with Gasteiger partial charge in [-0.05, 0) is 76.2 Å². The molecule has 0 aliphatic carbocycles. The van der Waals surface area contributed by atoms with Crippen molar-refractivity contribution in [2.24, 2.45) is 5.73 Å². The zero-order valence-corrected chi connectivity index (χ0v) is 19.1. The molecule has 4 rings (SSSR count). The van der Waals surface area contributed by atoms with Crippen LogP contribution in [0.25, 0.3) is 17.5 Å². The number of halogens is 2. The van der Waals surface area contributed by atoms with Gasteiger partial charge in [0.15, 0.2) is 0 Å². The van der Waals surface area contributed by atoms with Gasteiger partial charge in [-0.25, -0.2) is 9.37 Å². The molecule has 3 aromatic rings. The predicted octanol–water partition coefficient (Wildman–Crippen LogP) is 5.33. The van der Waals surface area contributed by atoms with E-state index in [0.717, 1.165) is 11.3 Å². The van der Waals surface area contributed by atoms with E-state index in [0.29, 0.717) is 22.4 Å². The maximum atomic E-state index is 13.6. The molecule has 0 fully saturated rings. The summed E-state index contributed by atoms with van der Waals surface area (Å²) in [5.74, 6) is 0.793. The number of anilines is 2. The molecule has 6 nitrogen and oxygen atoms in total. The smallest absolute Gasteiger partial charge is 0.246 e. The number of hydrogen-bond acceptors (Lipinski definition) is 4. The minimum atomic E-state index is -1.04. The molecule has 0 atom stereocenters. The van der Waals surface area contributed by atoms with Crippen molar-refractivity contribution in [3.8, 4) is 11.3 Å². The summed E-state index contributed by atoms with van der Waals surface area (Å²) in [6.07, 6.45) is 3.50. The Morgan fingerprint density at radius 3 is 2.31 bits per heavy atom. The van der Waals surface area contributed by atoms with Crippen LogP contribution in [0.4, 0.5) is 15.9 Å². The van der Waals surface area contributed by atoms with Crippen LogP contribution < -0.4 is 11.1 Å². The molecule has 0 unspecified atom stereocenters. The molecule has 2 heterocycles. The third-order valence-electron chi connectivity index (χ3n) is 5.42. The molecule has 0 saturated heterocycles. The van der Waals surface area contributed by atoms with Gasteiger partial charge in [0.05, 0.1) is 5.54 Å². The first-order valence-electron chi connectivity index (χ1n) is 10.2. The number of nitrogens with one attached hydrogen (secondary N) is 1. The Kier molecular flexibility index (Phi) is 5.35. The van der Waals surface area contributed by atoms with Gasteiger partial charge in [-0.3, -0.25) is 9.36 Å². The maximum Gasteiger partial charge on any atom is 0.246 e. The molecule has 166 valence electrons. The lowest BCUT2D eigenvalue weighted by atomic mass is 9.96. The largest absolute Gasteiger partial charge is 0.339 e. The zero-order valence-electron chi connectivity index (χ0n) is 18.4. The molecule has 0 radical (unpaired) electrons. The average Bonchev–Trinajstić information content (AvgIpc) is 3.09. The van der Waals surface area contributed by atoms with Crippen LogP contribution in [0.3, 0.4) is 0 Å². The fraction of sp³-hybridized carbons (Fsp3) is 0.250. The monoisotopic (exact) mass is 453 g/mol. The van der Waals surface area contributed by atoms with Crippen LogP contribution in [0.1, 0.15) is 33.5 Å². The van der Waals surface area contributed by atoms with Crippen LogP contribution >= 0.6 is 11.6 Å². The molecule has 32 heavy (non-hydrogen) atoms. The van der Waals surface area contributed by atoms with Crippen molar-refractivity contribution in [2.75, 3.05) is 5.32 Å². The van der Waals surface area contributed by atoms with Gasteiger partial charge in [0, 0.05) is 28.7 Å². The highest BCUT2D eigenvalue weighted by Crippen LogP contribution is 2.40. The number of imidazole rings is 1. The average molecular weight is 454 g/mol. The number of benzene rings is 2. The van der Waals surface area contributed by atoms with Gasteiger partial charge in [0.2, 0.25) is 5.91 Å². The minimum Gasteiger partial charge on any atom is -0.339 e. The highest BCUT2D eigenvalue weighted by Gasteiger charge is 2.42. The fourth-order valence-corrected chi connectivity index (χ4v) is 3.79. The van der Waals surface area contributed by atoms with Crippen LogP contribution in [0.5, 0.6) is 0 Å². The quantitative estimate of drug-likeness (QED) is 0.559. The van der Waals surface area contributed by atoms with Crippen molar-refractivity contribution in [3.05, 3.63) is 71.4 Å². The standard InChI is InChI=1S/C24H25ClFN5O/c1-23(2,27)22(32)31-14-13-30-20(28-18-11-7-16(25)8-12-18)19(29-21(30)24(31,3)4)15-5-9-17(26)10-6-15/h5-14,28H,27H2,1-4H3. The Morgan fingerprint density at radius 1 is 1.09 bits per heavy atom. The van der Waals surface area contributed by atoms with Gasteiger partial charge in [-0.1, -0.05) is 11.6 Å². The van der Waals surface area contributed by atoms with Crippen LogP contribution in [0.15, 0.2) is 54.7 Å². The van der Waals surface area contributed by atoms with Crippen LogP contribution in [0.2, 0.25) is 5.02 Å². The molecule has 1 amide bonds. The highest BCUT2D eigenvalue weighted by atomic mass is 35.5. The van der Waals surface area contributed by atoms with Crippen molar-refractivity contribution >= 4 is 35.2 Å². The molecular formula is C24H25ClFN5O. The second-order valence-corrected chi connectivity index (χ2v) is 9.33. The van der Waals surface area contributed by atoms with Crippen molar-refractivity contribution in [2.45, 2.75) is 38.8 Å². The molecule has 2 aromatic carbocycles. The van der Waals surface area contributed by atoms with E-state index in [1.165, 1.54) is 12.1 Å². The molecule has 0 spiro atoms. The van der Waals surface area contributed by atoms with Gasteiger partial charge < -0.3 is 16.0 Å². The van der Waals surface area contributed by atoms with Crippen molar-refractivity contribution in [1.29, 1.82) is 0 Å². The summed E-state index contributed by atoms with van der Waals surface area (Å²) in [5, 5.41) is 4.03. The molecule has 1 aliphatic rings. The summed E-state index contributed by atoms with van der Waals surface area (Å²) < 4.78 is 15.5. The number of fused-ring (bicyclic) bond motifs is 1. The third-order valence-corrected chi connectivity index (χ3v) is 5.67. The molecule has 0 bridgehead atoms. The molecular weight excluding hydrogens is 429 g/mol. The normalized spacial score (nSPS) is 14.9. The molecule has 1 aromatic heterocycles. The topological polar surface area (TPSA) is 76.2 Å². The zero-order chi connectivity index (χ0) is 23.3. The van der Waals surface area contributed by atoms with E-state index in [2.05, 4.69) is 5.32 Å². The number of amides is 1. The molecule has 0 saturated carbocycles. The van der Waals surface area contributed by atoms with E-state index in [1.54, 1.807) is 55.4 Å². The summed E-state index contributed by atoms with van der Waals surface area (Å²) in [4.78, 5) is 19.5. The summed E-state index contributed by atoms with van der Waals surface area (Å²) in [7, 11) is 0. The molecule has 3 N–H and O–H groups in total.